The van der Waals surface area contributed by atoms with E-state index < -0.39 is 23.8 Å². The molecule has 1 fully saturated rings. The Labute approximate surface area is 146 Å². The lowest BCUT2D eigenvalue weighted by molar-refractivity contribution is -0.137. The summed E-state index contributed by atoms with van der Waals surface area (Å²) in [6.45, 7) is 1.64. The maximum absolute atomic E-state index is 12.9. The van der Waals surface area contributed by atoms with E-state index in [-0.39, 0.29) is 17.3 Å². The van der Waals surface area contributed by atoms with Crippen LogP contribution in [0.1, 0.15) is 49.0 Å². The van der Waals surface area contributed by atoms with Crippen LogP contribution in [0.15, 0.2) is 22.7 Å². The minimum Gasteiger partial charge on any atom is -0.497 e. The number of alkyl halides is 3. The molecule has 0 spiro atoms. The highest BCUT2D eigenvalue weighted by Crippen LogP contribution is 2.38. The van der Waals surface area contributed by atoms with Gasteiger partial charge in [-0.15, -0.1) is 0 Å². The van der Waals surface area contributed by atoms with Crippen molar-refractivity contribution < 1.29 is 27.2 Å². The Morgan fingerprint density at radius 2 is 2.08 bits per heavy atom. The number of urea groups is 1. The van der Waals surface area contributed by atoms with E-state index in [1.54, 1.807) is 6.92 Å². The SMILES string of the molecule is COc1cc(NC(=O)N[C@@H](C)c2nc(C3CC3)no2)cc(C(F)(F)F)c1. The van der Waals surface area contributed by atoms with E-state index >= 15 is 0 Å². The maximum atomic E-state index is 12.9. The van der Waals surface area contributed by atoms with Gasteiger partial charge in [-0.1, -0.05) is 5.16 Å². The first kappa shape index (κ1) is 18.0. The number of benzene rings is 1. The molecule has 2 amide bonds. The van der Waals surface area contributed by atoms with Crippen LogP contribution < -0.4 is 15.4 Å². The summed E-state index contributed by atoms with van der Waals surface area (Å²) in [5.74, 6) is 1.14. The van der Waals surface area contributed by atoms with Gasteiger partial charge in [-0.25, -0.2) is 4.79 Å². The van der Waals surface area contributed by atoms with Crippen LogP contribution >= 0.6 is 0 Å². The molecule has 1 atom stereocenters. The zero-order chi connectivity index (χ0) is 18.9. The van der Waals surface area contributed by atoms with Crippen molar-refractivity contribution in [3.05, 3.63) is 35.5 Å². The standard InChI is InChI=1S/C16H17F3N4O3/c1-8(14-22-13(23-26-14)9-3-4-9)20-15(24)21-11-5-10(16(17,18)19)6-12(7-11)25-2/h5-9H,3-4H2,1-2H3,(H2,20,21,24)/t8-/m0/s1. The van der Waals surface area contributed by atoms with Crippen LogP contribution in [-0.4, -0.2) is 23.3 Å². The van der Waals surface area contributed by atoms with E-state index in [0.717, 1.165) is 25.0 Å². The third kappa shape index (κ3) is 4.24. The van der Waals surface area contributed by atoms with Crippen LogP contribution in [0.25, 0.3) is 0 Å². The first-order chi connectivity index (χ1) is 12.3. The number of amides is 2. The molecule has 1 aromatic carbocycles. The highest BCUT2D eigenvalue weighted by atomic mass is 19.4. The number of nitrogens with one attached hydrogen (secondary N) is 2. The topological polar surface area (TPSA) is 89.3 Å². The number of hydrogen-bond acceptors (Lipinski definition) is 5. The van der Waals surface area contributed by atoms with E-state index in [2.05, 4.69) is 20.8 Å². The fourth-order valence-electron chi connectivity index (χ4n) is 2.31. The zero-order valence-electron chi connectivity index (χ0n) is 14.1. The molecule has 2 N–H and O–H groups in total. The lowest BCUT2D eigenvalue weighted by Gasteiger charge is -2.14. The number of nitrogens with zero attached hydrogens (tertiary/aromatic N) is 2. The lowest BCUT2D eigenvalue weighted by atomic mass is 10.2. The van der Waals surface area contributed by atoms with Crippen LogP contribution in [0.3, 0.4) is 0 Å². The van der Waals surface area contributed by atoms with Crippen LogP contribution in [0.5, 0.6) is 5.75 Å². The molecule has 0 unspecified atom stereocenters. The van der Waals surface area contributed by atoms with Crippen molar-refractivity contribution in [1.82, 2.24) is 15.5 Å². The van der Waals surface area contributed by atoms with Crippen molar-refractivity contribution >= 4 is 11.7 Å². The summed E-state index contributed by atoms with van der Waals surface area (Å²) in [4.78, 5) is 16.3. The summed E-state index contributed by atoms with van der Waals surface area (Å²) in [6, 6.07) is 1.67. The van der Waals surface area contributed by atoms with Gasteiger partial charge in [0.15, 0.2) is 5.82 Å². The molecule has 0 aliphatic heterocycles. The number of aromatic nitrogens is 2. The highest BCUT2D eigenvalue weighted by Gasteiger charge is 2.32. The molecule has 1 aromatic heterocycles. The Bertz CT molecular complexity index is 802. The quantitative estimate of drug-likeness (QED) is 0.834. The number of anilines is 1. The molecule has 3 rings (SSSR count). The number of methoxy groups -OCH3 is 1. The Kier molecular flexibility index (Phi) is 4.75. The van der Waals surface area contributed by atoms with Crippen molar-refractivity contribution in [3.63, 3.8) is 0 Å². The molecule has 10 heteroatoms. The molecule has 26 heavy (non-hydrogen) atoms. The molecule has 0 saturated heterocycles. The van der Waals surface area contributed by atoms with Crippen LogP contribution in [0.2, 0.25) is 0 Å². The smallest absolute Gasteiger partial charge is 0.416 e. The third-order valence-electron chi connectivity index (χ3n) is 3.85. The molecule has 1 aliphatic rings. The van der Waals surface area contributed by atoms with Gasteiger partial charge < -0.3 is 19.9 Å². The molecule has 0 radical (unpaired) electrons. The number of carbonyl (C=O) groups excluding carboxylic acids is 1. The third-order valence-corrected chi connectivity index (χ3v) is 3.85. The molecule has 1 saturated carbocycles. The molecule has 2 aromatic rings. The van der Waals surface area contributed by atoms with E-state index in [0.29, 0.717) is 11.7 Å². The fourth-order valence-corrected chi connectivity index (χ4v) is 2.31. The summed E-state index contributed by atoms with van der Waals surface area (Å²) in [5.41, 5.74) is -0.975. The number of rotatable bonds is 5. The lowest BCUT2D eigenvalue weighted by Crippen LogP contribution is -2.31. The minimum atomic E-state index is -4.56. The van der Waals surface area contributed by atoms with Crippen LogP contribution in [0, 0.1) is 0 Å². The Hall–Kier alpha value is -2.78. The van der Waals surface area contributed by atoms with E-state index in [1.165, 1.54) is 13.2 Å². The molecular formula is C16H17F3N4O3. The monoisotopic (exact) mass is 370 g/mol. The van der Waals surface area contributed by atoms with Gasteiger partial charge in [0.1, 0.15) is 11.8 Å². The van der Waals surface area contributed by atoms with Gasteiger partial charge in [-0.3, -0.25) is 0 Å². The largest absolute Gasteiger partial charge is 0.497 e. The van der Waals surface area contributed by atoms with Gasteiger partial charge in [0.05, 0.1) is 12.7 Å². The molecule has 0 bridgehead atoms. The number of halogens is 3. The van der Waals surface area contributed by atoms with Crippen molar-refractivity contribution in [3.8, 4) is 5.75 Å². The Morgan fingerprint density at radius 1 is 1.35 bits per heavy atom. The molecule has 140 valence electrons. The van der Waals surface area contributed by atoms with Crippen LogP contribution in [0.4, 0.5) is 23.7 Å². The predicted octanol–water partition coefficient (Wildman–Crippen LogP) is 3.86. The first-order valence-corrected chi connectivity index (χ1v) is 7.93. The van der Waals surface area contributed by atoms with E-state index in [4.69, 9.17) is 9.26 Å². The van der Waals surface area contributed by atoms with Gasteiger partial charge in [-0.2, -0.15) is 18.2 Å². The minimum absolute atomic E-state index is 0.0193. The van der Waals surface area contributed by atoms with Crippen molar-refractivity contribution in [2.45, 2.75) is 37.9 Å². The summed E-state index contributed by atoms with van der Waals surface area (Å²) >= 11 is 0. The first-order valence-electron chi connectivity index (χ1n) is 7.93. The molecule has 7 nitrogen and oxygen atoms in total. The summed E-state index contributed by atoms with van der Waals surface area (Å²) in [6.07, 6.45) is -2.53. The average molecular weight is 370 g/mol. The summed E-state index contributed by atoms with van der Waals surface area (Å²) in [7, 11) is 1.24. The van der Waals surface area contributed by atoms with Gasteiger partial charge in [-0.05, 0) is 31.9 Å². The molecule has 1 heterocycles. The van der Waals surface area contributed by atoms with Gasteiger partial charge >= 0.3 is 12.2 Å². The number of ether oxygens (including phenoxy) is 1. The Balaban J connectivity index is 1.66. The fraction of sp³-hybridized carbons (Fsp3) is 0.438. The average Bonchev–Trinajstić information content (AvgIpc) is 3.30. The van der Waals surface area contributed by atoms with E-state index in [1.807, 2.05) is 0 Å². The van der Waals surface area contributed by atoms with Crippen LogP contribution in [-0.2, 0) is 6.18 Å². The highest BCUT2D eigenvalue weighted by molar-refractivity contribution is 5.89. The van der Waals surface area contributed by atoms with Crippen molar-refractivity contribution in [1.29, 1.82) is 0 Å². The molecular weight excluding hydrogens is 353 g/mol. The maximum Gasteiger partial charge on any atom is 0.416 e. The van der Waals surface area contributed by atoms with Crippen molar-refractivity contribution in [2.24, 2.45) is 0 Å². The number of carbonyl (C=O) groups is 1. The van der Waals surface area contributed by atoms with Gasteiger partial charge in [0.25, 0.3) is 0 Å². The Morgan fingerprint density at radius 3 is 2.69 bits per heavy atom. The second-order valence-corrected chi connectivity index (χ2v) is 6.03. The number of hydrogen-bond donors (Lipinski definition) is 2. The summed E-state index contributed by atoms with van der Waals surface area (Å²) < 4.78 is 48.7. The summed E-state index contributed by atoms with van der Waals surface area (Å²) in [5, 5.41) is 8.75. The van der Waals surface area contributed by atoms with E-state index in [9.17, 15) is 18.0 Å². The van der Waals surface area contributed by atoms with Gasteiger partial charge in [0, 0.05) is 17.7 Å². The molecule has 1 aliphatic carbocycles. The predicted molar refractivity (Wildman–Crippen MR) is 84.8 cm³/mol. The second kappa shape index (κ2) is 6.85. The second-order valence-electron chi connectivity index (χ2n) is 6.03. The van der Waals surface area contributed by atoms with Gasteiger partial charge in [0.2, 0.25) is 5.89 Å². The van der Waals surface area contributed by atoms with Crippen molar-refractivity contribution in [2.75, 3.05) is 12.4 Å². The zero-order valence-corrected chi connectivity index (χ0v) is 14.1. The normalized spacial score (nSPS) is 15.4.